The van der Waals surface area contributed by atoms with E-state index in [4.69, 9.17) is 4.74 Å². The minimum Gasteiger partial charge on any atom is -0.481 e. The number of nitrogens with one attached hydrogen (secondary N) is 1. The molecule has 0 saturated heterocycles. The lowest BCUT2D eigenvalue weighted by Gasteiger charge is -2.25. The molecular formula is C13H16N4O4. The number of carbonyl (C=O) groups is 1. The van der Waals surface area contributed by atoms with E-state index >= 15 is 0 Å². The van der Waals surface area contributed by atoms with Gasteiger partial charge in [-0.3, -0.25) is 4.79 Å². The summed E-state index contributed by atoms with van der Waals surface area (Å²) < 4.78 is 5.14. The van der Waals surface area contributed by atoms with Crippen molar-refractivity contribution in [3.05, 3.63) is 30.3 Å². The van der Waals surface area contributed by atoms with Crippen LogP contribution in [-0.4, -0.2) is 42.5 Å². The highest BCUT2D eigenvalue weighted by Crippen LogP contribution is 2.28. The van der Waals surface area contributed by atoms with E-state index in [-0.39, 0.29) is 11.6 Å². The van der Waals surface area contributed by atoms with Gasteiger partial charge in [-0.05, 0) is 19.1 Å². The first-order valence-corrected chi connectivity index (χ1v) is 6.14. The van der Waals surface area contributed by atoms with Crippen molar-refractivity contribution >= 4 is 23.2 Å². The Bertz CT molecular complexity index is 587. The Morgan fingerprint density at radius 2 is 2.05 bits per heavy atom. The van der Waals surface area contributed by atoms with Crippen molar-refractivity contribution in [2.75, 3.05) is 19.2 Å². The van der Waals surface area contributed by atoms with Crippen molar-refractivity contribution in [1.82, 2.24) is 5.48 Å². The average molecular weight is 292 g/mol. The maximum atomic E-state index is 12.7. The Balaban J connectivity index is 2.52. The molecule has 2 rings (SSSR count). The summed E-state index contributed by atoms with van der Waals surface area (Å²) in [6.07, 6.45) is 0. The van der Waals surface area contributed by atoms with Crippen LogP contribution in [0.3, 0.4) is 0 Å². The number of nitrogens with zero attached hydrogens (tertiary/aromatic N) is 3. The van der Waals surface area contributed by atoms with Gasteiger partial charge in [-0.2, -0.15) is 10.5 Å². The van der Waals surface area contributed by atoms with Crippen molar-refractivity contribution in [2.24, 2.45) is 10.3 Å². The predicted molar refractivity (Wildman–Crippen MR) is 76.1 cm³/mol. The minimum atomic E-state index is -1.71. The molecule has 2 N–H and O–H groups in total. The number of hydroxylamine groups is 1. The van der Waals surface area contributed by atoms with E-state index in [0.29, 0.717) is 5.69 Å². The van der Waals surface area contributed by atoms with Gasteiger partial charge in [0.25, 0.3) is 5.91 Å². The van der Waals surface area contributed by atoms with Gasteiger partial charge in [-0.15, -0.1) is 5.10 Å². The number of hydrogen-bond acceptors (Lipinski definition) is 7. The number of para-hydroxylation sites is 1. The summed E-state index contributed by atoms with van der Waals surface area (Å²) in [5, 5.41) is 18.5. The zero-order chi connectivity index (χ0) is 15.5. The fourth-order valence-electron chi connectivity index (χ4n) is 2.09. The Hall–Kier alpha value is -2.45. The molecular weight excluding hydrogens is 276 g/mol. The van der Waals surface area contributed by atoms with Gasteiger partial charge in [0.05, 0.1) is 18.5 Å². The maximum Gasteiger partial charge on any atom is 0.285 e. The molecule has 0 aromatic heterocycles. The van der Waals surface area contributed by atoms with E-state index in [1.165, 1.54) is 21.1 Å². The van der Waals surface area contributed by atoms with Gasteiger partial charge in [0, 0.05) is 0 Å². The number of hydrazone groups is 1. The van der Waals surface area contributed by atoms with Crippen LogP contribution in [0.5, 0.6) is 0 Å². The van der Waals surface area contributed by atoms with Crippen LogP contribution in [0.2, 0.25) is 0 Å². The first-order valence-electron chi connectivity index (χ1n) is 6.14. The zero-order valence-corrected chi connectivity index (χ0v) is 11.9. The second-order valence-electron chi connectivity index (χ2n) is 4.28. The van der Waals surface area contributed by atoms with Crippen molar-refractivity contribution in [1.29, 1.82) is 0 Å². The molecule has 1 atom stereocenters. The molecule has 0 fully saturated rings. The second kappa shape index (κ2) is 5.90. The molecule has 0 radical (unpaired) electrons. The second-order valence-corrected chi connectivity index (χ2v) is 4.28. The lowest BCUT2D eigenvalue weighted by atomic mass is 9.94. The molecule has 1 aliphatic rings. The van der Waals surface area contributed by atoms with Gasteiger partial charge in [-0.25, -0.2) is 0 Å². The SMILES string of the molecule is CON=C(C)C1(NO)C(=O)N(c2ccccc2)N=C1OC. The molecule has 1 aromatic rings. The Kier molecular flexibility index (Phi) is 4.20. The fourth-order valence-corrected chi connectivity index (χ4v) is 2.09. The van der Waals surface area contributed by atoms with Crippen LogP contribution in [0.4, 0.5) is 5.69 Å². The topological polar surface area (TPSA) is 95.7 Å². The zero-order valence-electron chi connectivity index (χ0n) is 11.9. The first kappa shape index (κ1) is 14.9. The number of amides is 1. The smallest absolute Gasteiger partial charge is 0.285 e. The molecule has 8 nitrogen and oxygen atoms in total. The number of rotatable bonds is 4. The van der Waals surface area contributed by atoms with Crippen LogP contribution in [0, 0.1) is 0 Å². The van der Waals surface area contributed by atoms with Gasteiger partial charge in [0.1, 0.15) is 7.11 Å². The Morgan fingerprint density at radius 1 is 1.38 bits per heavy atom. The number of carbonyl (C=O) groups excluding carboxylic acids is 1. The van der Waals surface area contributed by atoms with Gasteiger partial charge in [0.2, 0.25) is 11.4 Å². The number of methoxy groups -OCH3 is 1. The number of ether oxygens (including phenoxy) is 1. The molecule has 112 valence electrons. The normalized spacial score (nSPS) is 22.3. The summed E-state index contributed by atoms with van der Waals surface area (Å²) in [6, 6.07) is 8.79. The van der Waals surface area contributed by atoms with Crippen LogP contribution in [0.15, 0.2) is 40.6 Å². The van der Waals surface area contributed by atoms with Gasteiger partial charge in [0.15, 0.2) is 0 Å². The van der Waals surface area contributed by atoms with E-state index in [0.717, 1.165) is 5.01 Å². The molecule has 1 unspecified atom stereocenters. The lowest BCUT2D eigenvalue weighted by Crippen LogP contribution is -2.62. The van der Waals surface area contributed by atoms with Crippen molar-refractivity contribution < 1.29 is 19.6 Å². The van der Waals surface area contributed by atoms with Crippen LogP contribution in [0.1, 0.15) is 6.92 Å². The number of hydrogen-bond donors (Lipinski definition) is 2. The van der Waals surface area contributed by atoms with Gasteiger partial charge in [-0.1, -0.05) is 23.4 Å². The third-order valence-electron chi connectivity index (χ3n) is 3.16. The van der Waals surface area contributed by atoms with Crippen LogP contribution in [-0.2, 0) is 14.4 Å². The Labute approximate surface area is 121 Å². The van der Waals surface area contributed by atoms with Crippen molar-refractivity contribution in [3.8, 4) is 0 Å². The van der Waals surface area contributed by atoms with Crippen LogP contribution in [0.25, 0.3) is 0 Å². The summed E-state index contributed by atoms with van der Waals surface area (Å²) in [6.45, 7) is 1.52. The summed E-state index contributed by atoms with van der Waals surface area (Å²) >= 11 is 0. The highest BCUT2D eigenvalue weighted by atomic mass is 16.6. The molecule has 1 aromatic carbocycles. The molecule has 0 saturated carbocycles. The molecule has 0 bridgehead atoms. The van der Waals surface area contributed by atoms with Crippen LogP contribution < -0.4 is 10.5 Å². The van der Waals surface area contributed by atoms with E-state index in [1.807, 2.05) is 11.5 Å². The molecule has 0 spiro atoms. The van der Waals surface area contributed by atoms with E-state index in [9.17, 15) is 10.0 Å². The van der Waals surface area contributed by atoms with Crippen molar-refractivity contribution in [3.63, 3.8) is 0 Å². The van der Waals surface area contributed by atoms with E-state index < -0.39 is 11.4 Å². The molecule has 1 aliphatic heterocycles. The number of benzene rings is 1. The monoisotopic (exact) mass is 292 g/mol. The first-order chi connectivity index (χ1) is 10.1. The van der Waals surface area contributed by atoms with Crippen molar-refractivity contribution in [2.45, 2.75) is 12.5 Å². The fraction of sp³-hybridized carbons (Fsp3) is 0.308. The largest absolute Gasteiger partial charge is 0.481 e. The highest BCUT2D eigenvalue weighted by Gasteiger charge is 2.56. The summed E-state index contributed by atoms with van der Waals surface area (Å²) in [7, 11) is 2.69. The van der Waals surface area contributed by atoms with E-state index in [1.54, 1.807) is 24.3 Å². The summed E-state index contributed by atoms with van der Waals surface area (Å²) in [4.78, 5) is 17.4. The molecule has 8 heteroatoms. The minimum absolute atomic E-state index is 0.0304. The Morgan fingerprint density at radius 3 is 2.57 bits per heavy atom. The van der Waals surface area contributed by atoms with Gasteiger partial charge >= 0.3 is 0 Å². The molecule has 21 heavy (non-hydrogen) atoms. The lowest BCUT2D eigenvalue weighted by molar-refractivity contribution is -0.122. The molecule has 1 heterocycles. The maximum absolute atomic E-state index is 12.7. The standard InChI is InChI=1S/C13H16N4O4/c1-9(15-21-3)13(16-19)11(20-2)14-17(12(13)18)10-7-5-4-6-8-10/h4-8,16,19H,1-3H3. The van der Waals surface area contributed by atoms with Crippen LogP contribution >= 0.6 is 0 Å². The van der Waals surface area contributed by atoms with Gasteiger partial charge < -0.3 is 14.8 Å². The molecule has 1 amide bonds. The average Bonchev–Trinajstić information content (AvgIpc) is 2.81. The summed E-state index contributed by atoms with van der Waals surface area (Å²) in [5.41, 5.74) is 0.952. The van der Waals surface area contributed by atoms with E-state index in [2.05, 4.69) is 15.1 Å². The number of anilines is 1. The molecule has 0 aliphatic carbocycles. The summed E-state index contributed by atoms with van der Waals surface area (Å²) in [5.74, 6) is -0.580. The third-order valence-corrected chi connectivity index (χ3v) is 3.16. The predicted octanol–water partition coefficient (Wildman–Crippen LogP) is 0.733. The highest BCUT2D eigenvalue weighted by molar-refractivity contribution is 6.35. The third kappa shape index (κ3) is 2.24. The number of oxime groups is 1. The quantitative estimate of drug-likeness (QED) is 0.630.